The van der Waals surface area contributed by atoms with E-state index >= 15 is 0 Å². The number of halogens is 1. The van der Waals surface area contributed by atoms with Crippen LogP contribution in [0.1, 0.15) is 18.7 Å². The number of carbonyl (C=O) groups excluding carboxylic acids is 1. The van der Waals surface area contributed by atoms with Gasteiger partial charge < -0.3 is 15.6 Å². The number of nitrogens with zero attached hydrogens (tertiary/aromatic N) is 2. The highest BCUT2D eigenvalue weighted by atomic mass is 19.1. The quantitative estimate of drug-likeness (QED) is 0.649. The molecule has 1 atom stereocenters. The van der Waals surface area contributed by atoms with Crippen molar-refractivity contribution in [2.45, 2.75) is 25.4 Å². The molecule has 0 bridgehead atoms. The van der Waals surface area contributed by atoms with Crippen molar-refractivity contribution in [2.75, 3.05) is 6.54 Å². The first kappa shape index (κ1) is 17.4. The zero-order valence-electron chi connectivity index (χ0n) is 14.7. The van der Waals surface area contributed by atoms with E-state index in [1.165, 1.54) is 12.1 Å². The van der Waals surface area contributed by atoms with E-state index in [9.17, 15) is 9.18 Å². The molecule has 4 rings (SSSR count). The lowest BCUT2D eigenvalue weighted by Crippen LogP contribution is -2.40. The van der Waals surface area contributed by atoms with Crippen LogP contribution in [0.2, 0.25) is 0 Å². The summed E-state index contributed by atoms with van der Waals surface area (Å²) in [6, 6.07) is 11.7. The minimum Gasteiger partial charge on any atom is -0.348 e. The Morgan fingerprint density at radius 2 is 2.19 bits per heavy atom. The van der Waals surface area contributed by atoms with E-state index in [0.717, 1.165) is 19.4 Å². The molecular formula is C20H20FN5O. The van der Waals surface area contributed by atoms with Crippen LogP contribution in [0.3, 0.4) is 0 Å². The number of rotatable bonds is 5. The Hall–Kier alpha value is -3.06. The van der Waals surface area contributed by atoms with Gasteiger partial charge >= 0.3 is 0 Å². The van der Waals surface area contributed by atoms with Gasteiger partial charge in [-0.1, -0.05) is 18.2 Å². The molecule has 1 aromatic carbocycles. The molecule has 0 radical (unpaired) electrons. The Kier molecular flexibility index (Phi) is 4.93. The fourth-order valence-electron chi connectivity index (χ4n) is 3.25. The first-order valence-electron chi connectivity index (χ1n) is 8.98. The number of benzene rings is 1. The maximum absolute atomic E-state index is 13.7. The van der Waals surface area contributed by atoms with E-state index in [0.29, 0.717) is 28.5 Å². The minimum atomic E-state index is -0.329. The van der Waals surface area contributed by atoms with Gasteiger partial charge in [0.1, 0.15) is 11.6 Å². The monoisotopic (exact) mass is 365 g/mol. The van der Waals surface area contributed by atoms with Crippen molar-refractivity contribution in [3.63, 3.8) is 0 Å². The van der Waals surface area contributed by atoms with Crippen molar-refractivity contribution >= 4 is 5.91 Å². The molecule has 3 N–H and O–H groups in total. The zero-order valence-corrected chi connectivity index (χ0v) is 14.7. The van der Waals surface area contributed by atoms with E-state index < -0.39 is 0 Å². The summed E-state index contributed by atoms with van der Waals surface area (Å²) in [5.41, 5.74) is 2.67. The number of H-pyrrole nitrogens is 1. The molecule has 1 aliphatic rings. The summed E-state index contributed by atoms with van der Waals surface area (Å²) >= 11 is 0. The predicted octanol–water partition coefficient (Wildman–Crippen LogP) is 2.65. The van der Waals surface area contributed by atoms with E-state index in [-0.39, 0.29) is 24.3 Å². The average molecular weight is 365 g/mol. The topological polar surface area (TPSA) is 82.7 Å². The van der Waals surface area contributed by atoms with Crippen molar-refractivity contribution in [2.24, 2.45) is 0 Å². The minimum absolute atomic E-state index is 0.0319. The molecule has 3 aromatic rings. The molecule has 3 heterocycles. The fraction of sp³-hybridized carbons (Fsp3) is 0.250. The Morgan fingerprint density at radius 3 is 2.93 bits per heavy atom. The fourth-order valence-corrected chi connectivity index (χ4v) is 3.25. The molecule has 6 nitrogen and oxygen atoms in total. The summed E-state index contributed by atoms with van der Waals surface area (Å²) in [7, 11) is 0. The molecule has 7 heteroatoms. The molecule has 0 aliphatic carbocycles. The van der Waals surface area contributed by atoms with Crippen molar-refractivity contribution < 1.29 is 9.18 Å². The number of hydrogen-bond acceptors (Lipinski definition) is 4. The van der Waals surface area contributed by atoms with Crippen LogP contribution in [-0.2, 0) is 11.3 Å². The summed E-state index contributed by atoms with van der Waals surface area (Å²) in [6.07, 6.45) is 3.54. The Balaban J connectivity index is 1.62. The summed E-state index contributed by atoms with van der Waals surface area (Å²) in [4.78, 5) is 24.4. The van der Waals surface area contributed by atoms with Gasteiger partial charge in [0.15, 0.2) is 0 Å². The van der Waals surface area contributed by atoms with Gasteiger partial charge in [0.25, 0.3) is 0 Å². The Bertz CT molecular complexity index is 935. The third-order valence-electron chi connectivity index (χ3n) is 4.58. The third-order valence-corrected chi connectivity index (χ3v) is 4.58. The average Bonchev–Trinajstić information content (AvgIpc) is 3.37. The summed E-state index contributed by atoms with van der Waals surface area (Å²) in [5.74, 6) is 0.237. The lowest BCUT2D eigenvalue weighted by atomic mass is 10.1. The van der Waals surface area contributed by atoms with Gasteiger partial charge in [-0.2, -0.15) is 0 Å². The summed E-state index contributed by atoms with van der Waals surface area (Å²) < 4.78 is 13.7. The molecule has 2 aromatic heterocycles. The third kappa shape index (κ3) is 3.88. The second kappa shape index (κ2) is 7.67. The van der Waals surface area contributed by atoms with Crippen LogP contribution in [-0.4, -0.2) is 33.4 Å². The highest BCUT2D eigenvalue weighted by Crippen LogP contribution is 2.29. The standard InChI is InChI=1S/C20H20FN5O/c21-14-6-3-5-13(11-14)18-19(15-7-1-2-9-22-15)26-17(25-18)12-24-20(27)16-8-4-10-23-16/h1-3,5-7,9,11,16,23H,4,8,10,12H2,(H,24,27)(H,25,26). The Morgan fingerprint density at radius 1 is 1.26 bits per heavy atom. The largest absolute Gasteiger partial charge is 0.348 e. The lowest BCUT2D eigenvalue weighted by Gasteiger charge is -2.09. The van der Waals surface area contributed by atoms with Crippen LogP contribution in [0.4, 0.5) is 4.39 Å². The van der Waals surface area contributed by atoms with Gasteiger partial charge in [0, 0.05) is 11.8 Å². The van der Waals surface area contributed by atoms with E-state index in [4.69, 9.17) is 0 Å². The van der Waals surface area contributed by atoms with Crippen LogP contribution in [0.25, 0.3) is 22.6 Å². The maximum Gasteiger partial charge on any atom is 0.237 e. The molecule has 27 heavy (non-hydrogen) atoms. The second-order valence-corrected chi connectivity index (χ2v) is 6.50. The molecule has 1 fully saturated rings. The molecule has 1 amide bonds. The molecule has 0 spiro atoms. The number of carbonyl (C=O) groups is 1. The number of imidazole rings is 1. The van der Waals surface area contributed by atoms with Crippen molar-refractivity contribution in [3.8, 4) is 22.6 Å². The molecule has 1 unspecified atom stereocenters. The van der Waals surface area contributed by atoms with Crippen molar-refractivity contribution in [1.82, 2.24) is 25.6 Å². The van der Waals surface area contributed by atoms with E-state index in [1.807, 2.05) is 18.2 Å². The number of pyridine rings is 1. The van der Waals surface area contributed by atoms with Crippen LogP contribution < -0.4 is 10.6 Å². The van der Waals surface area contributed by atoms with Gasteiger partial charge in [0.2, 0.25) is 5.91 Å². The second-order valence-electron chi connectivity index (χ2n) is 6.50. The summed E-state index contributed by atoms with van der Waals surface area (Å²) in [5, 5.41) is 6.08. The van der Waals surface area contributed by atoms with E-state index in [2.05, 4.69) is 25.6 Å². The maximum atomic E-state index is 13.7. The van der Waals surface area contributed by atoms with Gasteiger partial charge in [-0.25, -0.2) is 9.37 Å². The number of aromatic nitrogens is 3. The first-order chi connectivity index (χ1) is 13.2. The van der Waals surface area contributed by atoms with Crippen LogP contribution in [0.15, 0.2) is 48.7 Å². The molecule has 1 saturated heterocycles. The highest BCUT2D eigenvalue weighted by molar-refractivity contribution is 5.82. The number of hydrogen-bond donors (Lipinski definition) is 3. The van der Waals surface area contributed by atoms with Gasteiger partial charge in [-0.15, -0.1) is 0 Å². The van der Waals surface area contributed by atoms with Crippen LogP contribution in [0.5, 0.6) is 0 Å². The molecule has 0 saturated carbocycles. The van der Waals surface area contributed by atoms with Crippen molar-refractivity contribution in [3.05, 3.63) is 60.3 Å². The smallest absolute Gasteiger partial charge is 0.237 e. The lowest BCUT2D eigenvalue weighted by molar-refractivity contribution is -0.122. The molecule has 138 valence electrons. The first-order valence-corrected chi connectivity index (χ1v) is 8.98. The number of amides is 1. The molecule has 1 aliphatic heterocycles. The number of nitrogens with one attached hydrogen (secondary N) is 3. The SMILES string of the molecule is O=C(NCc1nc(-c2cccc(F)c2)c(-c2ccccn2)[nH]1)C1CCCN1. The van der Waals surface area contributed by atoms with Gasteiger partial charge in [-0.05, 0) is 43.7 Å². The zero-order chi connectivity index (χ0) is 18.6. The van der Waals surface area contributed by atoms with Crippen LogP contribution in [0, 0.1) is 5.82 Å². The van der Waals surface area contributed by atoms with Gasteiger partial charge in [-0.3, -0.25) is 9.78 Å². The predicted molar refractivity (Wildman–Crippen MR) is 100 cm³/mol. The normalized spacial score (nSPS) is 16.4. The van der Waals surface area contributed by atoms with Crippen molar-refractivity contribution in [1.29, 1.82) is 0 Å². The highest BCUT2D eigenvalue weighted by Gasteiger charge is 2.22. The molecular weight excluding hydrogens is 345 g/mol. The number of aromatic amines is 1. The van der Waals surface area contributed by atoms with Crippen LogP contribution >= 0.6 is 0 Å². The van der Waals surface area contributed by atoms with E-state index in [1.54, 1.807) is 18.3 Å². The van der Waals surface area contributed by atoms with Gasteiger partial charge in [0.05, 0.1) is 29.7 Å². The Labute approximate surface area is 156 Å². The summed E-state index contributed by atoms with van der Waals surface area (Å²) in [6.45, 7) is 1.14.